The van der Waals surface area contributed by atoms with Gasteiger partial charge in [0.25, 0.3) is 0 Å². The van der Waals surface area contributed by atoms with Gasteiger partial charge in [-0.1, -0.05) is 13.0 Å². The van der Waals surface area contributed by atoms with Crippen LogP contribution in [0.1, 0.15) is 30.7 Å². The number of likely N-dealkylation sites (N-methyl/N-ethyl adjacent to an activating group) is 1. The summed E-state index contributed by atoms with van der Waals surface area (Å²) in [5, 5.41) is 0. The number of aromatic nitrogens is 2. The lowest BCUT2D eigenvalue weighted by Gasteiger charge is -2.23. The molecule has 0 spiro atoms. The molecule has 0 saturated carbocycles. The zero-order valence-electron chi connectivity index (χ0n) is 14.1. The van der Waals surface area contributed by atoms with Crippen molar-refractivity contribution in [1.29, 1.82) is 0 Å². The first-order valence-corrected chi connectivity index (χ1v) is 8.50. The van der Waals surface area contributed by atoms with Gasteiger partial charge < -0.3 is 9.32 Å². The Morgan fingerprint density at radius 1 is 1.35 bits per heavy atom. The van der Waals surface area contributed by atoms with Gasteiger partial charge in [0.05, 0.1) is 12.7 Å². The lowest BCUT2D eigenvalue weighted by Crippen LogP contribution is -2.34. The second-order valence-corrected chi connectivity index (χ2v) is 6.30. The third kappa shape index (κ3) is 4.39. The van der Waals surface area contributed by atoms with Gasteiger partial charge in [0.15, 0.2) is 0 Å². The SMILES string of the molecule is CCc1cnc(CN(C)[C@@H]2CCN(CCc3ccccn3)C2)o1. The molecule has 0 radical (unpaired) electrons. The molecule has 0 amide bonds. The fourth-order valence-corrected chi connectivity index (χ4v) is 3.12. The molecule has 1 aliphatic rings. The molecule has 3 rings (SSSR count). The van der Waals surface area contributed by atoms with Crippen molar-refractivity contribution < 1.29 is 4.42 Å². The van der Waals surface area contributed by atoms with Crippen LogP contribution in [0.4, 0.5) is 0 Å². The van der Waals surface area contributed by atoms with E-state index in [0.29, 0.717) is 6.04 Å². The number of likely N-dealkylation sites (tertiary alicyclic amines) is 1. The molecule has 2 aromatic heterocycles. The number of aryl methyl sites for hydroxylation is 1. The summed E-state index contributed by atoms with van der Waals surface area (Å²) in [5.41, 5.74) is 1.18. The maximum Gasteiger partial charge on any atom is 0.208 e. The van der Waals surface area contributed by atoms with Gasteiger partial charge in [0, 0.05) is 43.9 Å². The molecule has 0 N–H and O–H groups in total. The Balaban J connectivity index is 1.45. The molecule has 0 bridgehead atoms. The van der Waals surface area contributed by atoms with E-state index >= 15 is 0 Å². The minimum absolute atomic E-state index is 0.579. The smallest absolute Gasteiger partial charge is 0.208 e. The molecular formula is C18H26N4O. The van der Waals surface area contributed by atoms with E-state index < -0.39 is 0 Å². The predicted molar refractivity (Wildman–Crippen MR) is 90.1 cm³/mol. The molecule has 1 saturated heterocycles. The summed E-state index contributed by atoms with van der Waals surface area (Å²) < 4.78 is 5.72. The van der Waals surface area contributed by atoms with E-state index in [-0.39, 0.29) is 0 Å². The van der Waals surface area contributed by atoms with Crippen LogP contribution in [-0.4, -0.2) is 52.5 Å². The molecule has 5 heteroatoms. The fraction of sp³-hybridized carbons (Fsp3) is 0.556. The average molecular weight is 314 g/mol. The van der Waals surface area contributed by atoms with E-state index in [4.69, 9.17) is 4.42 Å². The molecule has 0 unspecified atom stereocenters. The molecule has 5 nitrogen and oxygen atoms in total. The van der Waals surface area contributed by atoms with Gasteiger partial charge in [0.1, 0.15) is 5.76 Å². The summed E-state index contributed by atoms with van der Waals surface area (Å²) in [6.45, 7) is 6.24. The van der Waals surface area contributed by atoms with E-state index in [1.807, 2.05) is 18.5 Å². The average Bonchev–Trinajstić information content (AvgIpc) is 3.23. The highest BCUT2D eigenvalue weighted by molar-refractivity contribution is 5.04. The summed E-state index contributed by atoms with van der Waals surface area (Å²) in [4.78, 5) is 13.7. The van der Waals surface area contributed by atoms with Crippen LogP contribution in [0.3, 0.4) is 0 Å². The van der Waals surface area contributed by atoms with Crippen LogP contribution in [0, 0.1) is 0 Å². The first-order valence-electron chi connectivity index (χ1n) is 8.50. The molecule has 2 aromatic rings. The molecule has 1 aliphatic heterocycles. The van der Waals surface area contributed by atoms with Crippen LogP contribution in [0.2, 0.25) is 0 Å². The summed E-state index contributed by atoms with van der Waals surface area (Å²) in [6.07, 6.45) is 6.85. The molecular weight excluding hydrogens is 288 g/mol. The Morgan fingerprint density at radius 3 is 3.00 bits per heavy atom. The Hall–Kier alpha value is -1.72. The number of pyridine rings is 1. The van der Waals surface area contributed by atoms with Gasteiger partial charge in [0.2, 0.25) is 5.89 Å². The number of hydrogen-bond acceptors (Lipinski definition) is 5. The van der Waals surface area contributed by atoms with Crippen LogP contribution in [-0.2, 0) is 19.4 Å². The number of nitrogens with zero attached hydrogens (tertiary/aromatic N) is 4. The van der Waals surface area contributed by atoms with Crippen molar-refractivity contribution in [2.24, 2.45) is 0 Å². The monoisotopic (exact) mass is 314 g/mol. The summed E-state index contributed by atoms with van der Waals surface area (Å²) >= 11 is 0. The van der Waals surface area contributed by atoms with Crippen molar-refractivity contribution in [2.75, 3.05) is 26.7 Å². The standard InChI is InChI=1S/C18H26N4O/c1-3-17-12-20-18(23-17)14-21(2)16-8-11-22(13-16)10-7-15-6-4-5-9-19-15/h4-6,9,12,16H,3,7-8,10-11,13-14H2,1-2H3/t16-/m1/s1. The van der Waals surface area contributed by atoms with Gasteiger partial charge in [-0.3, -0.25) is 9.88 Å². The summed E-state index contributed by atoms with van der Waals surface area (Å²) in [5.74, 6) is 1.80. The number of hydrogen-bond donors (Lipinski definition) is 0. The van der Waals surface area contributed by atoms with E-state index in [0.717, 1.165) is 50.7 Å². The minimum atomic E-state index is 0.579. The Labute approximate surface area is 138 Å². The first-order chi connectivity index (χ1) is 11.2. The highest BCUT2D eigenvalue weighted by Crippen LogP contribution is 2.17. The predicted octanol–water partition coefficient (Wildman–Crippen LogP) is 2.38. The highest BCUT2D eigenvalue weighted by Gasteiger charge is 2.26. The van der Waals surface area contributed by atoms with Gasteiger partial charge >= 0.3 is 0 Å². The van der Waals surface area contributed by atoms with Crippen molar-refractivity contribution in [3.8, 4) is 0 Å². The van der Waals surface area contributed by atoms with Gasteiger partial charge in [-0.05, 0) is 32.1 Å². The van der Waals surface area contributed by atoms with Gasteiger partial charge in [-0.25, -0.2) is 4.98 Å². The van der Waals surface area contributed by atoms with Crippen molar-refractivity contribution >= 4 is 0 Å². The zero-order valence-corrected chi connectivity index (χ0v) is 14.1. The minimum Gasteiger partial charge on any atom is -0.444 e. The van der Waals surface area contributed by atoms with Crippen molar-refractivity contribution in [3.63, 3.8) is 0 Å². The Morgan fingerprint density at radius 2 is 2.26 bits per heavy atom. The molecule has 23 heavy (non-hydrogen) atoms. The highest BCUT2D eigenvalue weighted by atomic mass is 16.4. The van der Waals surface area contributed by atoms with Crippen LogP contribution in [0.25, 0.3) is 0 Å². The van der Waals surface area contributed by atoms with Gasteiger partial charge in [-0.15, -0.1) is 0 Å². The first kappa shape index (κ1) is 16.1. The van der Waals surface area contributed by atoms with Crippen LogP contribution >= 0.6 is 0 Å². The summed E-state index contributed by atoms with van der Waals surface area (Å²) in [6, 6.07) is 6.71. The van der Waals surface area contributed by atoms with Crippen molar-refractivity contribution in [1.82, 2.24) is 19.8 Å². The van der Waals surface area contributed by atoms with Crippen LogP contribution < -0.4 is 0 Å². The van der Waals surface area contributed by atoms with E-state index in [2.05, 4.69) is 45.9 Å². The fourth-order valence-electron chi connectivity index (χ4n) is 3.12. The summed E-state index contributed by atoms with van der Waals surface area (Å²) in [7, 11) is 2.17. The number of rotatable bonds is 7. The maximum absolute atomic E-state index is 5.72. The largest absolute Gasteiger partial charge is 0.444 e. The molecule has 3 heterocycles. The lowest BCUT2D eigenvalue weighted by molar-refractivity contribution is 0.206. The van der Waals surface area contributed by atoms with Crippen LogP contribution in [0.5, 0.6) is 0 Å². The quantitative estimate of drug-likeness (QED) is 0.785. The lowest BCUT2D eigenvalue weighted by atomic mass is 10.2. The van der Waals surface area contributed by atoms with Gasteiger partial charge in [-0.2, -0.15) is 0 Å². The zero-order chi connectivity index (χ0) is 16.1. The Bertz CT molecular complexity index is 598. The molecule has 1 atom stereocenters. The molecule has 0 aromatic carbocycles. The second-order valence-electron chi connectivity index (χ2n) is 6.30. The maximum atomic E-state index is 5.72. The Kier molecular flexibility index (Phi) is 5.41. The van der Waals surface area contributed by atoms with E-state index in [1.54, 1.807) is 0 Å². The second kappa shape index (κ2) is 7.70. The topological polar surface area (TPSA) is 45.4 Å². The van der Waals surface area contributed by atoms with E-state index in [1.165, 1.54) is 12.1 Å². The molecule has 1 fully saturated rings. The number of oxazole rings is 1. The third-order valence-corrected chi connectivity index (χ3v) is 4.62. The van der Waals surface area contributed by atoms with Crippen molar-refractivity contribution in [2.45, 2.75) is 38.8 Å². The van der Waals surface area contributed by atoms with Crippen molar-refractivity contribution in [3.05, 3.63) is 47.9 Å². The normalized spacial score (nSPS) is 18.8. The third-order valence-electron chi connectivity index (χ3n) is 4.62. The molecule has 0 aliphatic carbocycles. The van der Waals surface area contributed by atoms with E-state index in [9.17, 15) is 0 Å². The van der Waals surface area contributed by atoms with Crippen LogP contribution in [0.15, 0.2) is 35.0 Å². The molecule has 124 valence electrons.